The SMILES string of the molecule is Cn1nccc1-c1nc(Br)nc2ccccc12. The molecule has 1 aromatic carbocycles. The highest BCUT2D eigenvalue weighted by molar-refractivity contribution is 9.10. The van der Waals surface area contributed by atoms with E-state index in [9.17, 15) is 0 Å². The van der Waals surface area contributed by atoms with Crippen molar-refractivity contribution in [2.45, 2.75) is 0 Å². The van der Waals surface area contributed by atoms with Gasteiger partial charge >= 0.3 is 0 Å². The molecular formula is C12H9BrN4. The van der Waals surface area contributed by atoms with Crippen molar-refractivity contribution >= 4 is 26.8 Å². The van der Waals surface area contributed by atoms with Gasteiger partial charge in [0.15, 0.2) is 4.73 Å². The maximum atomic E-state index is 4.45. The molecule has 4 nitrogen and oxygen atoms in total. The molecule has 84 valence electrons. The maximum Gasteiger partial charge on any atom is 0.197 e. The lowest BCUT2D eigenvalue weighted by atomic mass is 10.1. The number of aryl methyl sites for hydroxylation is 1. The zero-order chi connectivity index (χ0) is 11.8. The molecule has 3 rings (SSSR count). The lowest BCUT2D eigenvalue weighted by Gasteiger charge is -2.06. The van der Waals surface area contributed by atoms with Crippen LogP contribution in [0, 0.1) is 0 Å². The molecule has 0 saturated carbocycles. The average Bonchev–Trinajstić information content (AvgIpc) is 2.74. The number of aromatic nitrogens is 4. The maximum absolute atomic E-state index is 4.45. The molecule has 3 aromatic rings. The second-order valence-electron chi connectivity index (χ2n) is 3.70. The molecule has 5 heteroatoms. The lowest BCUT2D eigenvalue weighted by molar-refractivity contribution is 0.773. The molecule has 0 radical (unpaired) electrons. The molecule has 2 heterocycles. The van der Waals surface area contributed by atoms with Crippen LogP contribution in [-0.4, -0.2) is 19.7 Å². The van der Waals surface area contributed by atoms with Gasteiger partial charge in [-0.2, -0.15) is 5.10 Å². The Bertz CT molecular complexity index is 690. The van der Waals surface area contributed by atoms with Crippen LogP contribution in [0.5, 0.6) is 0 Å². The highest BCUT2D eigenvalue weighted by Gasteiger charge is 2.10. The third-order valence-corrected chi connectivity index (χ3v) is 2.99. The van der Waals surface area contributed by atoms with E-state index < -0.39 is 0 Å². The van der Waals surface area contributed by atoms with E-state index in [1.54, 1.807) is 10.9 Å². The van der Waals surface area contributed by atoms with Gasteiger partial charge in [0.05, 0.1) is 11.2 Å². The molecule has 0 aliphatic heterocycles. The Balaban J connectivity index is 2.39. The molecule has 2 aromatic heterocycles. The second-order valence-corrected chi connectivity index (χ2v) is 4.41. The van der Waals surface area contributed by atoms with Crippen molar-refractivity contribution in [2.75, 3.05) is 0 Å². The van der Waals surface area contributed by atoms with Crippen molar-refractivity contribution in [3.8, 4) is 11.4 Å². The van der Waals surface area contributed by atoms with E-state index in [0.29, 0.717) is 4.73 Å². The van der Waals surface area contributed by atoms with Crippen LogP contribution < -0.4 is 0 Å². The predicted molar refractivity (Wildman–Crippen MR) is 69.4 cm³/mol. The molecule has 0 aliphatic rings. The van der Waals surface area contributed by atoms with Crippen molar-refractivity contribution in [1.29, 1.82) is 0 Å². The van der Waals surface area contributed by atoms with E-state index >= 15 is 0 Å². The van der Waals surface area contributed by atoms with E-state index in [1.807, 2.05) is 37.4 Å². The van der Waals surface area contributed by atoms with Crippen LogP contribution >= 0.6 is 15.9 Å². The first-order valence-electron chi connectivity index (χ1n) is 5.16. The standard InChI is InChI=1S/C12H9BrN4/c1-17-10(6-7-14-17)11-8-4-2-3-5-9(8)15-12(13)16-11/h2-7H,1H3. The van der Waals surface area contributed by atoms with Crippen LogP contribution in [0.15, 0.2) is 41.3 Å². The van der Waals surface area contributed by atoms with Crippen molar-refractivity contribution < 1.29 is 0 Å². The number of nitrogens with zero attached hydrogens (tertiary/aromatic N) is 4. The Morgan fingerprint density at radius 2 is 1.94 bits per heavy atom. The zero-order valence-corrected chi connectivity index (χ0v) is 10.7. The fourth-order valence-corrected chi connectivity index (χ4v) is 2.22. The monoisotopic (exact) mass is 288 g/mol. The Morgan fingerprint density at radius 1 is 1.12 bits per heavy atom. The molecule has 0 amide bonds. The van der Waals surface area contributed by atoms with Gasteiger partial charge in [0.2, 0.25) is 0 Å². The molecule has 0 aliphatic carbocycles. The highest BCUT2D eigenvalue weighted by Crippen LogP contribution is 2.26. The number of rotatable bonds is 1. The van der Waals surface area contributed by atoms with Gasteiger partial charge in [0.25, 0.3) is 0 Å². The average molecular weight is 289 g/mol. The second kappa shape index (κ2) is 3.92. The third kappa shape index (κ3) is 1.72. The number of benzene rings is 1. The first-order valence-corrected chi connectivity index (χ1v) is 5.95. The van der Waals surface area contributed by atoms with Gasteiger partial charge in [-0.15, -0.1) is 0 Å². The Labute approximate surface area is 106 Å². The fourth-order valence-electron chi connectivity index (χ4n) is 1.85. The van der Waals surface area contributed by atoms with Crippen LogP contribution in [-0.2, 0) is 7.05 Å². The summed E-state index contributed by atoms with van der Waals surface area (Å²) in [6.07, 6.45) is 1.76. The van der Waals surface area contributed by atoms with Gasteiger partial charge in [0, 0.05) is 18.6 Å². The smallest absolute Gasteiger partial charge is 0.197 e. The Kier molecular flexibility index (Phi) is 2.40. The van der Waals surface area contributed by atoms with Crippen molar-refractivity contribution in [1.82, 2.24) is 19.7 Å². The van der Waals surface area contributed by atoms with Crippen LogP contribution in [0.2, 0.25) is 0 Å². The van der Waals surface area contributed by atoms with Crippen LogP contribution in [0.4, 0.5) is 0 Å². The predicted octanol–water partition coefficient (Wildman–Crippen LogP) is 2.79. The van der Waals surface area contributed by atoms with Crippen LogP contribution in [0.25, 0.3) is 22.3 Å². The summed E-state index contributed by atoms with van der Waals surface area (Å²) in [6.45, 7) is 0. The fraction of sp³-hybridized carbons (Fsp3) is 0.0833. The lowest BCUT2D eigenvalue weighted by Crippen LogP contribution is -1.97. The van der Waals surface area contributed by atoms with Crippen LogP contribution in [0.3, 0.4) is 0 Å². The van der Waals surface area contributed by atoms with E-state index in [1.165, 1.54) is 0 Å². The van der Waals surface area contributed by atoms with E-state index in [4.69, 9.17) is 0 Å². The summed E-state index contributed by atoms with van der Waals surface area (Å²) in [6, 6.07) is 9.89. The highest BCUT2D eigenvalue weighted by atomic mass is 79.9. The Hall–Kier alpha value is -1.75. The van der Waals surface area contributed by atoms with Gasteiger partial charge in [-0.05, 0) is 28.1 Å². The number of hydrogen-bond donors (Lipinski definition) is 0. The van der Waals surface area contributed by atoms with Gasteiger partial charge < -0.3 is 0 Å². The summed E-state index contributed by atoms with van der Waals surface area (Å²) in [5, 5.41) is 5.20. The molecule has 0 spiro atoms. The topological polar surface area (TPSA) is 43.6 Å². The minimum atomic E-state index is 0.590. The van der Waals surface area contributed by atoms with Gasteiger partial charge in [0.1, 0.15) is 5.69 Å². The minimum absolute atomic E-state index is 0.590. The molecule has 17 heavy (non-hydrogen) atoms. The Morgan fingerprint density at radius 3 is 2.71 bits per heavy atom. The molecule has 0 bridgehead atoms. The largest absolute Gasteiger partial charge is 0.266 e. The molecule has 0 atom stereocenters. The van der Waals surface area contributed by atoms with E-state index in [0.717, 1.165) is 22.3 Å². The minimum Gasteiger partial charge on any atom is -0.266 e. The van der Waals surface area contributed by atoms with Crippen molar-refractivity contribution in [3.05, 3.63) is 41.3 Å². The third-order valence-electron chi connectivity index (χ3n) is 2.64. The molecule has 0 saturated heterocycles. The van der Waals surface area contributed by atoms with Crippen molar-refractivity contribution in [2.24, 2.45) is 7.05 Å². The molecular weight excluding hydrogens is 280 g/mol. The molecule has 0 fully saturated rings. The molecule has 0 N–H and O–H groups in total. The van der Waals surface area contributed by atoms with Crippen molar-refractivity contribution in [3.63, 3.8) is 0 Å². The van der Waals surface area contributed by atoms with Gasteiger partial charge in [-0.25, -0.2) is 9.97 Å². The summed E-state index contributed by atoms with van der Waals surface area (Å²) in [4.78, 5) is 8.80. The normalized spacial score (nSPS) is 10.9. The van der Waals surface area contributed by atoms with E-state index in [-0.39, 0.29) is 0 Å². The summed E-state index contributed by atoms with van der Waals surface area (Å²) >= 11 is 3.34. The number of hydrogen-bond acceptors (Lipinski definition) is 3. The summed E-state index contributed by atoms with van der Waals surface area (Å²) in [5.74, 6) is 0. The zero-order valence-electron chi connectivity index (χ0n) is 9.13. The van der Waals surface area contributed by atoms with E-state index in [2.05, 4.69) is 31.0 Å². The van der Waals surface area contributed by atoms with Gasteiger partial charge in [-0.3, -0.25) is 4.68 Å². The number of para-hydroxylation sites is 1. The summed E-state index contributed by atoms with van der Waals surface area (Å²) < 4.78 is 2.40. The molecule has 0 unspecified atom stereocenters. The first-order chi connectivity index (χ1) is 8.25. The van der Waals surface area contributed by atoms with Gasteiger partial charge in [-0.1, -0.05) is 18.2 Å². The summed E-state index contributed by atoms with van der Waals surface area (Å²) in [7, 11) is 1.90. The summed E-state index contributed by atoms with van der Waals surface area (Å²) in [5.41, 5.74) is 2.79. The quantitative estimate of drug-likeness (QED) is 0.647. The van der Waals surface area contributed by atoms with Crippen LogP contribution in [0.1, 0.15) is 0 Å². The number of fused-ring (bicyclic) bond motifs is 1. The first kappa shape index (κ1) is 10.4. The number of halogens is 1.